The van der Waals surface area contributed by atoms with E-state index in [4.69, 9.17) is 4.74 Å². The normalized spacial score (nSPS) is 12.5. The van der Waals surface area contributed by atoms with Gasteiger partial charge in [0.05, 0.1) is 5.60 Å². The lowest BCUT2D eigenvalue weighted by Gasteiger charge is -2.23. The van der Waals surface area contributed by atoms with Gasteiger partial charge in [-0.1, -0.05) is 0 Å². The smallest absolute Gasteiger partial charge is 0.179 e. The van der Waals surface area contributed by atoms with Crippen LogP contribution in [-0.2, 0) is 14.6 Å². The number of methoxy groups -OCH3 is 1. The molecular weight excluding hydrogens is 240 g/mol. The van der Waals surface area contributed by atoms with Crippen LogP contribution in [0.4, 0.5) is 5.82 Å². The van der Waals surface area contributed by atoms with Gasteiger partial charge in [0.25, 0.3) is 0 Å². The third kappa shape index (κ3) is 3.98. The molecule has 1 rings (SSSR count). The molecule has 0 saturated heterocycles. The average Bonchev–Trinajstić information content (AvgIpc) is 2.26. The number of nitrogens with zero attached hydrogens (tertiary/aromatic N) is 1. The number of ether oxygens (including phenoxy) is 1. The molecule has 0 radical (unpaired) electrons. The fourth-order valence-corrected chi connectivity index (χ4v) is 1.99. The Labute approximate surface area is 102 Å². The number of hydrogen-bond acceptors (Lipinski definition) is 5. The van der Waals surface area contributed by atoms with Crippen molar-refractivity contribution >= 4 is 15.7 Å². The Kier molecular flexibility index (Phi) is 4.11. The summed E-state index contributed by atoms with van der Waals surface area (Å²) in [6, 6.07) is 3.13. The van der Waals surface area contributed by atoms with Gasteiger partial charge < -0.3 is 10.1 Å². The van der Waals surface area contributed by atoms with E-state index in [9.17, 15) is 8.42 Å². The molecule has 1 aromatic rings. The average molecular weight is 258 g/mol. The van der Waals surface area contributed by atoms with Crippen molar-refractivity contribution in [3.63, 3.8) is 0 Å². The van der Waals surface area contributed by atoms with Crippen LogP contribution in [0.15, 0.2) is 23.2 Å². The molecule has 5 nitrogen and oxygen atoms in total. The summed E-state index contributed by atoms with van der Waals surface area (Å²) in [5.41, 5.74) is -0.383. The van der Waals surface area contributed by atoms with Crippen molar-refractivity contribution in [3.05, 3.63) is 18.3 Å². The van der Waals surface area contributed by atoms with Crippen molar-refractivity contribution in [3.8, 4) is 0 Å². The maximum absolute atomic E-state index is 11.5. The van der Waals surface area contributed by atoms with Crippen molar-refractivity contribution in [1.29, 1.82) is 0 Å². The van der Waals surface area contributed by atoms with E-state index < -0.39 is 9.84 Å². The molecule has 1 heterocycles. The van der Waals surface area contributed by atoms with Crippen molar-refractivity contribution in [1.82, 2.24) is 4.98 Å². The van der Waals surface area contributed by atoms with Gasteiger partial charge in [-0.25, -0.2) is 13.4 Å². The van der Waals surface area contributed by atoms with Crippen LogP contribution in [0.25, 0.3) is 0 Å². The lowest BCUT2D eigenvalue weighted by Crippen LogP contribution is -2.32. The van der Waals surface area contributed by atoms with Crippen molar-refractivity contribution in [2.24, 2.45) is 0 Å². The fourth-order valence-electron chi connectivity index (χ4n) is 1.19. The van der Waals surface area contributed by atoms with Gasteiger partial charge in [-0.05, 0) is 26.0 Å². The third-order valence-corrected chi connectivity index (χ3v) is 3.53. The lowest BCUT2D eigenvalue weighted by molar-refractivity contribution is 0.0342. The summed E-state index contributed by atoms with van der Waals surface area (Å²) in [7, 11) is -1.66. The van der Waals surface area contributed by atoms with E-state index in [1.165, 1.54) is 6.07 Å². The van der Waals surface area contributed by atoms with E-state index >= 15 is 0 Å². The van der Waals surface area contributed by atoms with E-state index in [1.54, 1.807) is 19.4 Å². The number of nitrogens with one attached hydrogen (secondary N) is 1. The van der Waals surface area contributed by atoms with Gasteiger partial charge in [-0.15, -0.1) is 0 Å². The molecule has 6 heteroatoms. The van der Waals surface area contributed by atoms with Gasteiger partial charge in [0, 0.05) is 26.1 Å². The summed E-state index contributed by atoms with van der Waals surface area (Å²) in [5, 5.41) is 3.00. The summed E-state index contributed by atoms with van der Waals surface area (Å²) in [5.74, 6) is 0.361. The first-order valence-corrected chi connectivity index (χ1v) is 7.09. The highest BCUT2D eigenvalue weighted by Gasteiger charge is 2.19. The molecule has 0 spiro atoms. The Bertz CT molecular complexity index is 483. The first-order chi connectivity index (χ1) is 7.76. The van der Waals surface area contributed by atoms with E-state index in [2.05, 4.69) is 10.3 Å². The van der Waals surface area contributed by atoms with Crippen LogP contribution >= 0.6 is 0 Å². The molecule has 1 aromatic heterocycles. The van der Waals surface area contributed by atoms with Crippen LogP contribution in [0, 0.1) is 0 Å². The van der Waals surface area contributed by atoms with Crippen LogP contribution in [0.3, 0.4) is 0 Å². The van der Waals surface area contributed by atoms with E-state index in [0.717, 1.165) is 6.26 Å². The van der Waals surface area contributed by atoms with E-state index in [0.29, 0.717) is 12.4 Å². The SMILES string of the molecule is COC(C)(C)CNc1ncccc1S(C)(=O)=O. The molecule has 17 heavy (non-hydrogen) atoms. The summed E-state index contributed by atoms with van der Waals surface area (Å²) in [6.45, 7) is 4.29. The Morgan fingerprint density at radius 2 is 2.12 bits per heavy atom. The predicted octanol–water partition coefficient (Wildman–Crippen LogP) is 1.32. The van der Waals surface area contributed by atoms with E-state index in [1.807, 2.05) is 13.8 Å². The molecule has 0 amide bonds. The van der Waals surface area contributed by atoms with Crippen LogP contribution in [0.2, 0.25) is 0 Å². The number of hydrogen-bond donors (Lipinski definition) is 1. The maximum Gasteiger partial charge on any atom is 0.179 e. The van der Waals surface area contributed by atoms with Gasteiger partial charge in [0.15, 0.2) is 9.84 Å². The second-order valence-corrected chi connectivity index (χ2v) is 6.42. The number of pyridine rings is 1. The minimum Gasteiger partial charge on any atom is -0.377 e. The first-order valence-electron chi connectivity index (χ1n) is 5.20. The van der Waals surface area contributed by atoms with Crippen molar-refractivity contribution in [2.45, 2.75) is 24.3 Å². The maximum atomic E-state index is 11.5. The minimum absolute atomic E-state index is 0.201. The molecule has 1 N–H and O–H groups in total. The molecule has 0 unspecified atom stereocenters. The largest absolute Gasteiger partial charge is 0.377 e. The summed E-state index contributed by atoms with van der Waals surface area (Å²) < 4.78 is 28.3. The molecule has 0 aromatic carbocycles. The van der Waals surface area contributed by atoms with Gasteiger partial charge in [-0.3, -0.25) is 0 Å². The first kappa shape index (κ1) is 13.9. The summed E-state index contributed by atoms with van der Waals surface area (Å²) in [6.07, 6.45) is 2.72. The highest BCUT2D eigenvalue weighted by Crippen LogP contribution is 2.19. The molecule has 96 valence electrons. The zero-order valence-electron chi connectivity index (χ0n) is 10.5. The zero-order valence-corrected chi connectivity index (χ0v) is 11.3. The molecular formula is C11H18N2O3S. The number of aromatic nitrogens is 1. The van der Waals surface area contributed by atoms with Gasteiger partial charge >= 0.3 is 0 Å². The molecule has 0 aliphatic carbocycles. The zero-order chi connectivity index (χ0) is 13.1. The van der Waals surface area contributed by atoms with Crippen LogP contribution in [0.5, 0.6) is 0 Å². The minimum atomic E-state index is -3.27. The summed E-state index contributed by atoms with van der Waals surface area (Å²) >= 11 is 0. The number of rotatable bonds is 5. The molecule has 0 aliphatic heterocycles. The van der Waals surface area contributed by atoms with Gasteiger partial charge in [0.1, 0.15) is 10.7 Å². The predicted molar refractivity (Wildman–Crippen MR) is 66.9 cm³/mol. The van der Waals surface area contributed by atoms with Crippen molar-refractivity contribution < 1.29 is 13.2 Å². The highest BCUT2D eigenvalue weighted by molar-refractivity contribution is 7.90. The monoisotopic (exact) mass is 258 g/mol. The fraction of sp³-hybridized carbons (Fsp3) is 0.545. The lowest BCUT2D eigenvalue weighted by atomic mass is 10.1. The highest BCUT2D eigenvalue weighted by atomic mass is 32.2. The Morgan fingerprint density at radius 3 is 2.65 bits per heavy atom. The molecule has 0 saturated carbocycles. The van der Waals surface area contributed by atoms with Crippen LogP contribution in [0.1, 0.15) is 13.8 Å². The molecule has 0 bridgehead atoms. The topological polar surface area (TPSA) is 68.3 Å². The summed E-state index contributed by atoms with van der Waals surface area (Å²) in [4.78, 5) is 4.24. The Hall–Kier alpha value is -1.14. The van der Waals surface area contributed by atoms with Crippen LogP contribution in [-0.4, -0.2) is 38.9 Å². The Balaban J connectivity index is 2.93. The second-order valence-electron chi connectivity index (χ2n) is 4.44. The standard InChI is InChI=1S/C11H18N2O3S/c1-11(2,16-3)8-13-10-9(17(4,14)15)6-5-7-12-10/h5-7H,8H2,1-4H3,(H,12,13). The molecule has 0 fully saturated rings. The third-order valence-electron chi connectivity index (χ3n) is 2.40. The molecule has 0 atom stereocenters. The second kappa shape index (κ2) is 5.01. The van der Waals surface area contributed by atoms with Crippen LogP contribution < -0.4 is 5.32 Å². The van der Waals surface area contributed by atoms with E-state index in [-0.39, 0.29) is 10.5 Å². The molecule has 0 aliphatic rings. The number of sulfone groups is 1. The number of anilines is 1. The van der Waals surface area contributed by atoms with Crippen molar-refractivity contribution in [2.75, 3.05) is 25.2 Å². The Morgan fingerprint density at radius 1 is 1.47 bits per heavy atom. The van der Waals surface area contributed by atoms with Gasteiger partial charge in [-0.2, -0.15) is 0 Å². The van der Waals surface area contributed by atoms with Gasteiger partial charge in [0.2, 0.25) is 0 Å². The quantitative estimate of drug-likeness (QED) is 0.862.